The van der Waals surface area contributed by atoms with Crippen molar-refractivity contribution < 1.29 is 0 Å². The van der Waals surface area contributed by atoms with Crippen molar-refractivity contribution in [3.63, 3.8) is 0 Å². The summed E-state index contributed by atoms with van der Waals surface area (Å²) >= 11 is 0. The van der Waals surface area contributed by atoms with E-state index >= 15 is 0 Å². The molecule has 0 unspecified atom stereocenters. The number of piperazine rings is 1. The van der Waals surface area contributed by atoms with Crippen LogP contribution in [0.2, 0.25) is 0 Å². The molecular weight excluding hydrogens is 485 g/mol. The molecule has 3 rings (SSSR count). The van der Waals surface area contributed by atoms with Gasteiger partial charge in [0.2, 0.25) is 0 Å². The van der Waals surface area contributed by atoms with Crippen LogP contribution in [0.3, 0.4) is 0 Å². The number of unbranched alkanes of at least 4 members (excludes halogenated alkanes) is 1. The van der Waals surface area contributed by atoms with Crippen LogP contribution in [0, 0.1) is 0 Å². The molecule has 30 heavy (non-hydrogen) atoms. The zero-order valence-corrected chi connectivity index (χ0v) is 20.2. The van der Waals surface area contributed by atoms with E-state index in [2.05, 4.69) is 74.7 Å². The highest BCUT2D eigenvalue weighted by Crippen LogP contribution is 2.09. The maximum absolute atomic E-state index is 5.96. The Hall–Kier alpha value is -1.64. The van der Waals surface area contributed by atoms with Crippen molar-refractivity contribution in [2.24, 2.45) is 10.7 Å². The number of guanidine groups is 1. The Morgan fingerprint density at radius 3 is 2.10 bits per heavy atom. The molecular formula is C24H36IN5. The van der Waals surface area contributed by atoms with Crippen molar-refractivity contribution in [2.45, 2.75) is 25.8 Å². The van der Waals surface area contributed by atoms with E-state index in [-0.39, 0.29) is 24.0 Å². The van der Waals surface area contributed by atoms with Crippen LogP contribution in [0.1, 0.15) is 24.0 Å². The van der Waals surface area contributed by atoms with Gasteiger partial charge in [0.15, 0.2) is 5.96 Å². The molecule has 164 valence electrons. The molecule has 0 bridgehead atoms. The number of rotatable bonds is 10. The quantitative estimate of drug-likeness (QED) is 0.218. The fraction of sp³-hybridized carbons (Fsp3) is 0.458. The molecule has 2 aromatic carbocycles. The highest BCUT2D eigenvalue weighted by Gasteiger charge is 2.16. The first kappa shape index (κ1) is 24.6. The third kappa shape index (κ3) is 9.45. The Morgan fingerprint density at radius 2 is 1.43 bits per heavy atom. The number of halogens is 1. The lowest BCUT2D eigenvalue weighted by Gasteiger charge is -2.34. The molecule has 1 heterocycles. The second-order valence-electron chi connectivity index (χ2n) is 7.74. The summed E-state index contributed by atoms with van der Waals surface area (Å²) in [6, 6.07) is 21.2. The Labute approximate surface area is 198 Å². The predicted molar refractivity (Wildman–Crippen MR) is 137 cm³/mol. The fourth-order valence-corrected chi connectivity index (χ4v) is 3.69. The molecule has 0 radical (unpaired) electrons. The molecule has 0 aliphatic carbocycles. The van der Waals surface area contributed by atoms with Crippen molar-refractivity contribution in [3.05, 3.63) is 71.8 Å². The standard InChI is InChI=1S/C24H35N5.HI/c25-24(27-15-13-22-9-3-1-4-10-22)26-14-7-8-16-28-17-19-29(20-18-28)21-23-11-5-2-6-12-23;/h1-6,9-12H,7-8,13-21H2,(H3,25,26,27);1H. The second kappa shape index (κ2) is 14.4. The Kier molecular flexibility index (Phi) is 11.8. The van der Waals surface area contributed by atoms with Gasteiger partial charge in [-0.05, 0) is 36.9 Å². The first-order valence-corrected chi connectivity index (χ1v) is 10.9. The molecule has 0 spiro atoms. The number of nitrogens with two attached hydrogens (primary N) is 1. The lowest BCUT2D eigenvalue weighted by atomic mass is 10.1. The maximum Gasteiger partial charge on any atom is 0.188 e. The molecule has 3 N–H and O–H groups in total. The zero-order valence-electron chi connectivity index (χ0n) is 17.9. The normalized spacial score (nSPS) is 15.5. The number of aliphatic imine (C=N–C) groups is 1. The third-order valence-corrected chi connectivity index (χ3v) is 5.44. The summed E-state index contributed by atoms with van der Waals surface area (Å²) in [6.45, 7) is 8.51. The van der Waals surface area contributed by atoms with Crippen molar-refractivity contribution >= 4 is 29.9 Å². The number of hydrogen-bond acceptors (Lipinski definition) is 3. The monoisotopic (exact) mass is 521 g/mol. The van der Waals surface area contributed by atoms with Crippen LogP contribution < -0.4 is 11.1 Å². The minimum Gasteiger partial charge on any atom is -0.370 e. The summed E-state index contributed by atoms with van der Waals surface area (Å²) < 4.78 is 0. The zero-order chi connectivity index (χ0) is 20.2. The summed E-state index contributed by atoms with van der Waals surface area (Å²) in [5, 5.41) is 3.21. The first-order valence-electron chi connectivity index (χ1n) is 10.9. The molecule has 2 aromatic rings. The predicted octanol–water partition coefficient (Wildman–Crippen LogP) is 3.35. The van der Waals surface area contributed by atoms with Gasteiger partial charge in [-0.15, -0.1) is 24.0 Å². The minimum atomic E-state index is 0. The van der Waals surface area contributed by atoms with Crippen LogP contribution in [-0.2, 0) is 13.0 Å². The number of hydrogen-bond donors (Lipinski definition) is 2. The summed E-state index contributed by atoms with van der Waals surface area (Å²) in [5.41, 5.74) is 8.69. The minimum absolute atomic E-state index is 0. The van der Waals surface area contributed by atoms with Crippen LogP contribution in [0.25, 0.3) is 0 Å². The van der Waals surface area contributed by atoms with Gasteiger partial charge < -0.3 is 16.0 Å². The van der Waals surface area contributed by atoms with E-state index in [1.807, 2.05) is 6.07 Å². The molecule has 6 heteroatoms. The van der Waals surface area contributed by atoms with Gasteiger partial charge in [0.1, 0.15) is 0 Å². The van der Waals surface area contributed by atoms with Crippen molar-refractivity contribution in [1.82, 2.24) is 15.1 Å². The molecule has 1 fully saturated rings. The second-order valence-corrected chi connectivity index (χ2v) is 7.74. The topological polar surface area (TPSA) is 56.9 Å². The number of nitrogens with zero attached hydrogens (tertiary/aromatic N) is 3. The molecule has 1 aliphatic heterocycles. The van der Waals surface area contributed by atoms with Gasteiger partial charge in [0.05, 0.1) is 0 Å². The lowest BCUT2D eigenvalue weighted by molar-refractivity contribution is 0.126. The first-order chi connectivity index (χ1) is 14.3. The van der Waals surface area contributed by atoms with Crippen LogP contribution in [0.4, 0.5) is 0 Å². The number of benzene rings is 2. The van der Waals surface area contributed by atoms with E-state index in [1.165, 1.54) is 30.6 Å². The van der Waals surface area contributed by atoms with Crippen molar-refractivity contribution in [1.29, 1.82) is 0 Å². The van der Waals surface area contributed by atoms with Gasteiger partial charge in [-0.2, -0.15) is 0 Å². The third-order valence-electron chi connectivity index (χ3n) is 5.44. The average molecular weight is 521 g/mol. The maximum atomic E-state index is 5.96. The fourth-order valence-electron chi connectivity index (χ4n) is 3.69. The highest BCUT2D eigenvalue weighted by molar-refractivity contribution is 14.0. The van der Waals surface area contributed by atoms with E-state index in [4.69, 9.17) is 5.73 Å². The largest absolute Gasteiger partial charge is 0.370 e. The van der Waals surface area contributed by atoms with Gasteiger partial charge in [0.25, 0.3) is 0 Å². The summed E-state index contributed by atoms with van der Waals surface area (Å²) in [5.74, 6) is 0.565. The van der Waals surface area contributed by atoms with E-state index in [0.717, 1.165) is 52.1 Å². The summed E-state index contributed by atoms with van der Waals surface area (Å²) in [6.07, 6.45) is 3.23. The molecule has 0 atom stereocenters. The Morgan fingerprint density at radius 1 is 0.833 bits per heavy atom. The molecule has 1 aliphatic rings. The summed E-state index contributed by atoms with van der Waals surface area (Å²) in [4.78, 5) is 9.58. The van der Waals surface area contributed by atoms with Crippen molar-refractivity contribution in [3.8, 4) is 0 Å². The van der Waals surface area contributed by atoms with Gasteiger partial charge in [-0.25, -0.2) is 0 Å². The highest BCUT2D eigenvalue weighted by atomic mass is 127. The number of nitrogens with one attached hydrogen (secondary N) is 1. The van der Waals surface area contributed by atoms with E-state index in [0.29, 0.717) is 5.96 Å². The summed E-state index contributed by atoms with van der Waals surface area (Å²) in [7, 11) is 0. The van der Waals surface area contributed by atoms with E-state index < -0.39 is 0 Å². The molecule has 0 aromatic heterocycles. The van der Waals surface area contributed by atoms with E-state index in [9.17, 15) is 0 Å². The van der Waals surface area contributed by atoms with Crippen LogP contribution in [0.15, 0.2) is 65.7 Å². The van der Waals surface area contributed by atoms with Gasteiger partial charge in [0, 0.05) is 45.8 Å². The molecule has 1 saturated heterocycles. The molecule has 0 saturated carbocycles. The van der Waals surface area contributed by atoms with Crippen LogP contribution in [-0.4, -0.2) is 61.6 Å². The Balaban J connectivity index is 0.00000320. The van der Waals surface area contributed by atoms with Crippen molar-refractivity contribution in [2.75, 3.05) is 45.8 Å². The van der Waals surface area contributed by atoms with Crippen LogP contribution in [0.5, 0.6) is 0 Å². The molecule has 0 amide bonds. The van der Waals surface area contributed by atoms with Gasteiger partial charge in [-0.3, -0.25) is 9.89 Å². The lowest BCUT2D eigenvalue weighted by Crippen LogP contribution is -2.46. The molecule has 5 nitrogen and oxygen atoms in total. The smallest absolute Gasteiger partial charge is 0.188 e. The van der Waals surface area contributed by atoms with E-state index in [1.54, 1.807) is 0 Å². The average Bonchev–Trinajstić information content (AvgIpc) is 2.76. The SMILES string of the molecule is I.NC(=NCCCCN1CCN(Cc2ccccc2)CC1)NCCc1ccccc1. The Bertz CT molecular complexity index is 715. The van der Waals surface area contributed by atoms with Gasteiger partial charge in [-0.1, -0.05) is 60.7 Å². The van der Waals surface area contributed by atoms with Crippen LogP contribution >= 0.6 is 24.0 Å². The van der Waals surface area contributed by atoms with Gasteiger partial charge >= 0.3 is 0 Å².